The summed E-state index contributed by atoms with van der Waals surface area (Å²) in [4.78, 5) is 40.0. The Morgan fingerprint density at radius 3 is 2.74 bits per heavy atom. The zero-order valence-corrected chi connectivity index (χ0v) is 10.4. The van der Waals surface area contributed by atoms with Crippen LogP contribution in [0.1, 0.15) is 24.2 Å². The zero-order valence-electron chi connectivity index (χ0n) is 10.4. The first kappa shape index (κ1) is 13.1. The van der Waals surface area contributed by atoms with E-state index in [1.165, 1.54) is 20.0 Å². The molecule has 0 spiro atoms. The Hall–Kier alpha value is -2.31. The van der Waals surface area contributed by atoms with Gasteiger partial charge in [-0.15, -0.1) is 0 Å². The van der Waals surface area contributed by atoms with Gasteiger partial charge in [0, 0.05) is 6.20 Å². The van der Waals surface area contributed by atoms with E-state index in [1.807, 2.05) is 0 Å². The Balaban J connectivity index is 2.36. The first-order valence-electron chi connectivity index (χ1n) is 5.59. The summed E-state index contributed by atoms with van der Waals surface area (Å²) in [7, 11) is 0. The van der Waals surface area contributed by atoms with E-state index >= 15 is 0 Å². The Morgan fingerprint density at radius 1 is 1.42 bits per heavy atom. The quantitative estimate of drug-likeness (QED) is 0.730. The van der Waals surface area contributed by atoms with Gasteiger partial charge in [-0.1, -0.05) is 0 Å². The number of rotatable bonds is 1. The van der Waals surface area contributed by atoms with Gasteiger partial charge in [-0.05, 0) is 19.9 Å². The minimum Gasteiger partial charge on any atom is -0.315 e. The number of carbonyl (C=O) groups is 3. The monoisotopic (exact) mass is 265 g/mol. The van der Waals surface area contributed by atoms with Crippen molar-refractivity contribution in [2.45, 2.75) is 19.4 Å². The molecule has 0 aromatic carbocycles. The molecule has 1 fully saturated rings. The summed E-state index contributed by atoms with van der Waals surface area (Å²) in [6.45, 7) is 2.77. The maximum atomic E-state index is 13.1. The summed E-state index contributed by atoms with van der Waals surface area (Å²) in [5.74, 6) is -2.40. The van der Waals surface area contributed by atoms with Crippen molar-refractivity contribution in [2.75, 3.05) is 6.54 Å². The van der Waals surface area contributed by atoms with E-state index < -0.39 is 29.1 Å². The fourth-order valence-corrected chi connectivity index (χ4v) is 1.79. The first-order valence-corrected chi connectivity index (χ1v) is 5.59. The van der Waals surface area contributed by atoms with Gasteiger partial charge < -0.3 is 4.90 Å². The summed E-state index contributed by atoms with van der Waals surface area (Å²) < 4.78 is 13.1. The van der Waals surface area contributed by atoms with Gasteiger partial charge in [-0.25, -0.2) is 4.39 Å². The molecule has 0 aliphatic carbocycles. The minimum atomic E-state index is -1.18. The minimum absolute atomic E-state index is 0.00410. The summed E-state index contributed by atoms with van der Waals surface area (Å²) in [5, 5.41) is 2.16. The van der Waals surface area contributed by atoms with E-state index in [0.29, 0.717) is 0 Å². The van der Waals surface area contributed by atoms with Crippen LogP contribution in [-0.4, -0.2) is 39.7 Å². The first-order chi connectivity index (χ1) is 8.82. The highest BCUT2D eigenvalue weighted by molar-refractivity contribution is 6.08. The molecule has 6 nitrogen and oxygen atoms in total. The van der Waals surface area contributed by atoms with Crippen molar-refractivity contribution < 1.29 is 18.8 Å². The molecule has 7 heteroatoms. The molecular formula is C12H12FN3O3. The van der Waals surface area contributed by atoms with E-state index in [0.717, 1.165) is 17.2 Å². The molecule has 0 atom stereocenters. The third kappa shape index (κ3) is 2.31. The van der Waals surface area contributed by atoms with Gasteiger partial charge in [0.25, 0.3) is 11.8 Å². The van der Waals surface area contributed by atoms with Gasteiger partial charge in [0.2, 0.25) is 5.91 Å². The second-order valence-electron chi connectivity index (χ2n) is 4.72. The Bertz CT molecular complexity index is 571. The van der Waals surface area contributed by atoms with Crippen molar-refractivity contribution in [3.8, 4) is 0 Å². The molecule has 100 valence electrons. The fourth-order valence-electron chi connectivity index (χ4n) is 1.79. The van der Waals surface area contributed by atoms with Crippen molar-refractivity contribution in [3.05, 3.63) is 29.8 Å². The number of nitrogens with zero attached hydrogens (tertiary/aromatic N) is 2. The van der Waals surface area contributed by atoms with Crippen molar-refractivity contribution in [3.63, 3.8) is 0 Å². The van der Waals surface area contributed by atoms with Crippen LogP contribution in [0.15, 0.2) is 18.5 Å². The maximum Gasteiger partial charge on any atom is 0.256 e. The van der Waals surface area contributed by atoms with Crippen LogP contribution in [0.4, 0.5) is 4.39 Å². The average Bonchev–Trinajstić information content (AvgIpc) is 2.33. The van der Waals surface area contributed by atoms with Crippen molar-refractivity contribution in [2.24, 2.45) is 0 Å². The molecule has 1 aliphatic rings. The normalized spacial score (nSPS) is 18.2. The predicted octanol–water partition coefficient (Wildman–Crippen LogP) is 0.0979. The lowest BCUT2D eigenvalue weighted by Crippen LogP contribution is -2.65. The highest BCUT2D eigenvalue weighted by atomic mass is 19.1. The van der Waals surface area contributed by atoms with Gasteiger partial charge in [0.05, 0.1) is 11.8 Å². The highest BCUT2D eigenvalue weighted by Gasteiger charge is 2.43. The molecule has 0 unspecified atom stereocenters. The predicted molar refractivity (Wildman–Crippen MR) is 62.5 cm³/mol. The van der Waals surface area contributed by atoms with E-state index in [1.54, 1.807) is 0 Å². The van der Waals surface area contributed by atoms with Crippen molar-refractivity contribution in [1.82, 2.24) is 15.2 Å². The van der Waals surface area contributed by atoms with Crippen molar-refractivity contribution in [1.29, 1.82) is 0 Å². The molecular weight excluding hydrogens is 253 g/mol. The van der Waals surface area contributed by atoms with Crippen molar-refractivity contribution >= 4 is 17.7 Å². The van der Waals surface area contributed by atoms with E-state index in [9.17, 15) is 18.8 Å². The third-order valence-corrected chi connectivity index (χ3v) is 2.98. The summed E-state index contributed by atoms with van der Waals surface area (Å²) in [6.07, 6.45) is 2.16. The van der Waals surface area contributed by atoms with Crippen LogP contribution >= 0.6 is 0 Å². The standard InChI is InChI=1S/C12H12FN3O3/c1-12(2)11(19)15-9(17)6-16(12)10(18)7-3-8(13)5-14-4-7/h3-5H,6H2,1-2H3,(H,15,17,19). The van der Waals surface area contributed by atoms with Crippen LogP contribution in [0.3, 0.4) is 0 Å². The number of hydrogen-bond acceptors (Lipinski definition) is 4. The second-order valence-corrected chi connectivity index (χ2v) is 4.72. The second kappa shape index (κ2) is 4.42. The molecule has 2 heterocycles. The Morgan fingerprint density at radius 2 is 2.11 bits per heavy atom. The molecule has 0 radical (unpaired) electrons. The van der Waals surface area contributed by atoms with Crippen LogP contribution in [0.2, 0.25) is 0 Å². The summed E-state index contributed by atoms with van der Waals surface area (Å²) >= 11 is 0. The number of nitrogens with one attached hydrogen (secondary N) is 1. The highest BCUT2D eigenvalue weighted by Crippen LogP contribution is 2.21. The van der Waals surface area contributed by atoms with Gasteiger partial charge >= 0.3 is 0 Å². The number of carbonyl (C=O) groups excluding carboxylic acids is 3. The number of pyridine rings is 1. The Labute approximate surface area is 108 Å². The maximum absolute atomic E-state index is 13.1. The van der Waals surface area contributed by atoms with Crippen LogP contribution in [0, 0.1) is 5.82 Å². The number of imide groups is 1. The molecule has 1 aromatic heterocycles. The lowest BCUT2D eigenvalue weighted by Gasteiger charge is -2.40. The van der Waals surface area contributed by atoms with Gasteiger partial charge in [-0.3, -0.25) is 24.7 Å². The average molecular weight is 265 g/mol. The fraction of sp³-hybridized carbons (Fsp3) is 0.333. The number of halogens is 1. The molecule has 1 aromatic rings. The zero-order chi connectivity index (χ0) is 14.2. The molecule has 0 bridgehead atoms. The van der Waals surface area contributed by atoms with E-state index in [4.69, 9.17) is 0 Å². The van der Waals surface area contributed by atoms with Crippen LogP contribution < -0.4 is 5.32 Å². The summed E-state index contributed by atoms with van der Waals surface area (Å²) in [6, 6.07) is 1.02. The number of aromatic nitrogens is 1. The number of amides is 3. The lowest BCUT2D eigenvalue weighted by molar-refractivity contribution is -0.143. The van der Waals surface area contributed by atoms with Gasteiger partial charge in [-0.2, -0.15) is 0 Å². The van der Waals surface area contributed by atoms with E-state index in [-0.39, 0.29) is 12.1 Å². The largest absolute Gasteiger partial charge is 0.315 e. The van der Waals surface area contributed by atoms with Crippen LogP contribution in [0.25, 0.3) is 0 Å². The van der Waals surface area contributed by atoms with Gasteiger partial charge in [0.15, 0.2) is 0 Å². The molecule has 1 N–H and O–H groups in total. The third-order valence-electron chi connectivity index (χ3n) is 2.98. The summed E-state index contributed by atoms with van der Waals surface area (Å²) in [5.41, 5.74) is -1.19. The van der Waals surface area contributed by atoms with Crippen LogP contribution in [0.5, 0.6) is 0 Å². The topological polar surface area (TPSA) is 79.4 Å². The SMILES string of the molecule is CC1(C)C(=O)NC(=O)CN1C(=O)c1cncc(F)c1. The van der Waals surface area contributed by atoms with Gasteiger partial charge in [0.1, 0.15) is 17.9 Å². The molecule has 2 rings (SSSR count). The van der Waals surface area contributed by atoms with Crippen LogP contribution in [-0.2, 0) is 9.59 Å². The molecule has 19 heavy (non-hydrogen) atoms. The molecule has 3 amide bonds. The number of piperazine rings is 1. The lowest BCUT2D eigenvalue weighted by atomic mass is 9.97. The molecule has 0 saturated carbocycles. The Kier molecular flexibility index (Phi) is 3.05. The van der Waals surface area contributed by atoms with E-state index in [2.05, 4.69) is 10.3 Å². The smallest absolute Gasteiger partial charge is 0.256 e. The molecule has 1 saturated heterocycles. The number of hydrogen-bond donors (Lipinski definition) is 1. The molecule has 1 aliphatic heterocycles.